The van der Waals surface area contributed by atoms with E-state index in [-0.39, 0.29) is 5.92 Å². The number of aryl methyl sites for hydroxylation is 1. The molecular weight excluding hydrogens is 364 g/mol. The van der Waals surface area contributed by atoms with Gasteiger partial charge in [-0.1, -0.05) is 12.1 Å². The summed E-state index contributed by atoms with van der Waals surface area (Å²) >= 11 is 0. The number of nitrogens with zero attached hydrogens (tertiary/aromatic N) is 4. The number of carbonyl (C=O) groups excluding carboxylic acids is 1. The lowest BCUT2D eigenvalue weighted by atomic mass is 9.89. The van der Waals surface area contributed by atoms with Gasteiger partial charge < -0.3 is 9.30 Å². The van der Waals surface area contributed by atoms with Crippen molar-refractivity contribution in [3.63, 3.8) is 0 Å². The highest BCUT2D eigenvalue weighted by atomic mass is 16.5. The molecule has 2 aromatic heterocycles. The fraction of sp³-hybridized carbons (Fsp3) is 0.435. The van der Waals surface area contributed by atoms with Gasteiger partial charge in [0, 0.05) is 42.2 Å². The van der Waals surface area contributed by atoms with Gasteiger partial charge in [-0.25, -0.2) is 4.98 Å². The summed E-state index contributed by atoms with van der Waals surface area (Å²) in [7, 11) is 1.99. The lowest BCUT2D eigenvalue weighted by molar-refractivity contribution is -0.125. The van der Waals surface area contributed by atoms with Crippen LogP contribution in [0.25, 0.3) is 22.0 Å². The van der Waals surface area contributed by atoms with Gasteiger partial charge in [0.25, 0.3) is 0 Å². The number of ether oxygens (including phenoxy) is 1. The molecule has 2 aliphatic rings. The maximum Gasteiger partial charge on any atom is 0.142 e. The van der Waals surface area contributed by atoms with Crippen molar-refractivity contribution < 1.29 is 9.53 Å². The smallest absolute Gasteiger partial charge is 0.142 e. The van der Waals surface area contributed by atoms with Crippen LogP contribution in [0, 0.1) is 5.92 Å². The molecule has 3 aromatic rings. The molecule has 0 aliphatic carbocycles. The second-order valence-corrected chi connectivity index (χ2v) is 8.27. The van der Waals surface area contributed by atoms with E-state index in [9.17, 15) is 4.79 Å². The number of aromatic nitrogens is 3. The Morgan fingerprint density at radius 2 is 1.97 bits per heavy atom. The number of ketones is 1. The van der Waals surface area contributed by atoms with Crippen LogP contribution >= 0.6 is 0 Å². The monoisotopic (exact) mass is 390 g/mol. The van der Waals surface area contributed by atoms with Crippen LogP contribution in [-0.4, -0.2) is 57.6 Å². The predicted octanol–water partition coefficient (Wildman–Crippen LogP) is 2.86. The summed E-state index contributed by atoms with van der Waals surface area (Å²) in [5, 5.41) is 2.20. The topological polar surface area (TPSA) is 60.2 Å². The summed E-state index contributed by atoms with van der Waals surface area (Å²) in [5.41, 5.74) is 3.05. The van der Waals surface area contributed by atoms with Crippen molar-refractivity contribution in [1.82, 2.24) is 19.4 Å². The minimum absolute atomic E-state index is 0.158. The van der Waals surface area contributed by atoms with E-state index in [1.165, 1.54) is 0 Å². The quantitative estimate of drug-likeness (QED) is 0.670. The van der Waals surface area contributed by atoms with Crippen molar-refractivity contribution in [1.29, 1.82) is 0 Å². The lowest BCUT2D eigenvalue weighted by Gasteiger charge is -2.41. The van der Waals surface area contributed by atoms with Gasteiger partial charge in [-0.3, -0.25) is 14.7 Å². The van der Waals surface area contributed by atoms with Crippen LogP contribution < -0.4 is 0 Å². The summed E-state index contributed by atoms with van der Waals surface area (Å²) in [6.07, 6.45) is 7.88. The van der Waals surface area contributed by atoms with Crippen LogP contribution in [0.4, 0.5) is 0 Å². The van der Waals surface area contributed by atoms with Crippen molar-refractivity contribution >= 4 is 16.6 Å². The maximum absolute atomic E-state index is 12.9. The molecule has 0 N–H and O–H groups in total. The van der Waals surface area contributed by atoms with Crippen LogP contribution in [0.2, 0.25) is 0 Å². The first-order valence-electron chi connectivity index (χ1n) is 10.4. The van der Waals surface area contributed by atoms with Gasteiger partial charge in [-0.15, -0.1) is 0 Å². The maximum atomic E-state index is 12.9. The molecule has 2 saturated heterocycles. The molecule has 6 nitrogen and oxygen atoms in total. The molecular formula is C23H26N4O2. The number of hydrogen-bond acceptors (Lipinski definition) is 5. The molecule has 150 valence electrons. The zero-order chi connectivity index (χ0) is 19.8. The van der Waals surface area contributed by atoms with Crippen molar-refractivity contribution in [2.24, 2.45) is 13.0 Å². The van der Waals surface area contributed by atoms with Gasteiger partial charge in [0.15, 0.2) is 0 Å². The van der Waals surface area contributed by atoms with E-state index in [2.05, 4.69) is 39.1 Å². The molecule has 0 radical (unpaired) electrons. The fourth-order valence-electron chi connectivity index (χ4n) is 4.42. The summed E-state index contributed by atoms with van der Waals surface area (Å²) in [6.45, 7) is 3.70. The number of benzene rings is 1. The Hall–Kier alpha value is -2.57. The second kappa shape index (κ2) is 7.69. The van der Waals surface area contributed by atoms with Gasteiger partial charge in [0.05, 0.1) is 37.5 Å². The minimum atomic E-state index is 0.158. The molecule has 0 unspecified atom stereocenters. The third-order valence-electron chi connectivity index (χ3n) is 6.37. The van der Waals surface area contributed by atoms with Crippen molar-refractivity contribution in [3.8, 4) is 11.3 Å². The molecule has 29 heavy (non-hydrogen) atoms. The van der Waals surface area contributed by atoms with E-state index in [1.807, 2.05) is 24.0 Å². The van der Waals surface area contributed by atoms with Crippen molar-refractivity contribution in [3.05, 3.63) is 48.7 Å². The third kappa shape index (κ3) is 3.70. The number of rotatable bonds is 5. The van der Waals surface area contributed by atoms with Gasteiger partial charge in [-0.05, 0) is 43.5 Å². The predicted molar refractivity (Wildman–Crippen MR) is 112 cm³/mol. The lowest BCUT2D eigenvalue weighted by Crippen LogP contribution is -2.52. The number of carbonyl (C=O) groups is 1. The molecule has 2 aliphatic heterocycles. The average molecular weight is 390 g/mol. The normalized spacial score (nSPS) is 18.8. The SMILES string of the molecule is Cn1cncc1-c1ccc2cnc(CC(=O)C3CCN(C4COC4)CC3)cc2c1. The van der Waals surface area contributed by atoms with E-state index in [0.717, 1.165) is 66.9 Å². The third-order valence-corrected chi connectivity index (χ3v) is 6.37. The van der Waals surface area contributed by atoms with Gasteiger partial charge in [-0.2, -0.15) is 0 Å². The van der Waals surface area contributed by atoms with Crippen LogP contribution in [0.1, 0.15) is 18.5 Å². The highest BCUT2D eigenvalue weighted by Gasteiger charge is 2.31. The summed E-state index contributed by atoms with van der Waals surface area (Å²) < 4.78 is 7.30. The Morgan fingerprint density at radius 1 is 1.14 bits per heavy atom. The molecule has 0 saturated carbocycles. The highest BCUT2D eigenvalue weighted by Crippen LogP contribution is 2.26. The number of fused-ring (bicyclic) bond motifs is 1. The Balaban J connectivity index is 1.28. The Morgan fingerprint density at radius 3 is 2.66 bits per heavy atom. The molecule has 0 bridgehead atoms. The zero-order valence-electron chi connectivity index (χ0n) is 16.8. The van der Waals surface area contributed by atoms with E-state index in [1.54, 1.807) is 6.33 Å². The van der Waals surface area contributed by atoms with Gasteiger partial charge >= 0.3 is 0 Å². The van der Waals surface area contributed by atoms with E-state index < -0.39 is 0 Å². The fourth-order valence-corrected chi connectivity index (χ4v) is 4.42. The number of Topliss-reactive ketones (excluding diaryl/α,β-unsaturated/α-hetero) is 1. The number of imidazole rings is 1. The van der Waals surface area contributed by atoms with E-state index >= 15 is 0 Å². The Kier molecular flexibility index (Phi) is 4.89. The summed E-state index contributed by atoms with van der Waals surface area (Å²) in [4.78, 5) is 24.1. The first-order valence-corrected chi connectivity index (χ1v) is 10.4. The second-order valence-electron chi connectivity index (χ2n) is 8.27. The zero-order valence-corrected chi connectivity index (χ0v) is 16.8. The highest BCUT2D eigenvalue weighted by molar-refractivity contribution is 5.88. The molecule has 0 amide bonds. The van der Waals surface area contributed by atoms with Gasteiger partial charge in [0.2, 0.25) is 0 Å². The number of piperidine rings is 1. The number of pyridine rings is 1. The number of hydrogen-bond donors (Lipinski definition) is 0. The van der Waals surface area contributed by atoms with Crippen LogP contribution in [0.3, 0.4) is 0 Å². The van der Waals surface area contributed by atoms with Crippen molar-refractivity contribution in [2.75, 3.05) is 26.3 Å². The molecule has 0 atom stereocenters. The van der Waals surface area contributed by atoms with E-state index in [4.69, 9.17) is 4.74 Å². The molecule has 4 heterocycles. The standard InChI is InChI=1S/C23H26N4O2/c1-26-15-24-12-22(26)17-2-3-18-11-25-20(9-19(18)8-17)10-23(28)16-4-6-27(7-5-16)21-13-29-14-21/h2-3,8-9,11-12,15-16,21H,4-7,10,13-14H2,1H3. The van der Waals surface area contributed by atoms with Crippen molar-refractivity contribution in [2.45, 2.75) is 25.3 Å². The molecule has 0 spiro atoms. The first-order chi connectivity index (χ1) is 14.2. The Bertz CT molecular complexity index is 1030. The molecule has 1 aromatic carbocycles. The largest absolute Gasteiger partial charge is 0.378 e. The first kappa shape index (κ1) is 18.5. The van der Waals surface area contributed by atoms with Crippen LogP contribution in [0.5, 0.6) is 0 Å². The molecule has 5 rings (SSSR count). The minimum Gasteiger partial charge on any atom is -0.378 e. The number of likely N-dealkylation sites (tertiary alicyclic amines) is 1. The summed E-state index contributed by atoms with van der Waals surface area (Å²) in [5.74, 6) is 0.481. The van der Waals surface area contributed by atoms with Crippen LogP contribution in [-0.2, 0) is 23.0 Å². The molecule has 6 heteroatoms. The molecule has 2 fully saturated rings. The van der Waals surface area contributed by atoms with Crippen LogP contribution in [0.15, 0.2) is 43.0 Å². The average Bonchev–Trinajstić information content (AvgIpc) is 3.12. The Labute approximate surface area is 170 Å². The van der Waals surface area contributed by atoms with Gasteiger partial charge in [0.1, 0.15) is 5.78 Å². The van der Waals surface area contributed by atoms with E-state index in [0.29, 0.717) is 18.2 Å². The summed E-state index contributed by atoms with van der Waals surface area (Å²) in [6, 6.07) is 8.96.